The Bertz CT molecular complexity index is 1110. The number of carbonyl (C=O) groups is 2. The number of primary amides is 1. The highest BCUT2D eigenvalue weighted by Gasteiger charge is 2.29. The summed E-state index contributed by atoms with van der Waals surface area (Å²) in [6, 6.07) is 10.8. The first-order chi connectivity index (χ1) is 13.9. The number of amides is 3. The lowest BCUT2D eigenvalue weighted by Crippen LogP contribution is -2.41. The van der Waals surface area contributed by atoms with E-state index in [-0.39, 0.29) is 17.8 Å². The number of halogens is 2. The highest BCUT2D eigenvalue weighted by atomic mass is 19.1. The maximum absolute atomic E-state index is 13.6. The van der Waals surface area contributed by atoms with Gasteiger partial charge in [-0.25, -0.2) is 13.6 Å². The van der Waals surface area contributed by atoms with Crippen LogP contribution >= 0.6 is 0 Å². The Hall–Kier alpha value is -3.75. The van der Waals surface area contributed by atoms with Crippen LogP contribution in [-0.2, 0) is 13.1 Å². The lowest BCUT2D eigenvalue weighted by atomic mass is 10.0. The van der Waals surface area contributed by atoms with Crippen molar-refractivity contribution in [3.63, 3.8) is 0 Å². The first-order valence-corrected chi connectivity index (χ1v) is 8.89. The first-order valence-electron chi connectivity index (χ1n) is 8.89. The Balaban J connectivity index is 1.63. The van der Waals surface area contributed by atoms with Crippen LogP contribution in [0.1, 0.15) is 16.1 Å². The van der Waals surface area contributed by atoms with Crippen molar-refractivity contribution < 1.29 is 18.4 Å². The molecule has 4 rings (SSSR count). The zero-order valence-corrected chi connectivity index (χ0v) is 15.2. The Morgan fingerprint density at radius 1 is 1.03 bits per heavy atom. The highest BCUT2D eigenvalue weighted by molar-refractivity contribution is 6.00. The molecule has 0 atom stereocenters. The van der Waals surface area contributed by atoms with E-state index in [1.165, 1.54) is 41.3 Å². The maximum atomic E-state index is 13.6. The molecule has 3 amide bonds. The molecule has 3 N–H and O–H groups in total. The third-order valence-electron chi connectivity index (χ3n) is 4.69. The predicted molar refractivity (Wildman–Crippen MR) is 102 cm³/mol. The van der Waals surface area contributed by atoms with E-state index in [0.717, 1.165) is 0 Å². The van der Waals surface area contributed by atoms with Crippen LogP contribution in [-0.4, -0.2) is 33.2 Å². The molecule has 0 spiro atoms. The van der Waals surface area contributed by atoms with Crippen molar-refractivity contribution in [2.24, 2.45) is 5.73 Å². The molecule has 148 valence electrons. The van der Waals surface area contributed by atoms with Crippen LogP contribution in [0.5, 0.6) is 0 Å². The Morgan fingerprint density at radius 3 is 2.45 bits per heavy atom. The third kappa shape index (κ3) is 3.66. The molecule has 0 saturated heterocycles. The van der Waals surface area contributed by atoms with Gasteiger partial charge in [0.1, 0.15) is 17.3 Å². The summed E-state index contributed by atoms with van der Waals surface area (Å²) >= 11 is 0. The quantitative estimate of drug-likeness (QED) is 0.712. The Morgan fingerprint density at radius 2 is 1.76 bits per heavy atom. The SMILES string of the molecule is NC(=O)c1c(-c2cccc(F)c2)nn2c1CN(C(=O)Nc1cccc(F)c1)CC2. The number of fused-ring (bicyclic) bond motifs is 1. The lowest BCUT2D eigenvalue weighted by molar-refractivity contribution is 0.0997. The molecular weight excluding hydrogens is 380 g/mol. The van der Waals surface area contributed by atoms with Crippen molar-refractivity contribution in [2.45, 2.75) is 13.1 Å². The zero-order valence-electron chi connectivity index (χ0n) is 15.2. The molecule has 29 heavy (non-hydrogen) atoms. The van der Waals surface area contributed by atoms with E-state index in [1.807, 2.05) is 0 Å². The number of carbonyl (C=O) groups excluding carboxylic acids is 2. The van der Waals surface area contributed by atoms with Crippen molar-refractivity contribution in [1.29, 1.82) is 0 Å². The van der Waals surface area contributed by atoms with E-state index in [2.05, 4.69) is 10.4 Å². The largest absolute Gasteiger partial charge is 0.365 e. The van der Waals surface area contributed by atoms with Crippen molar-refractivity contribution in [3.8, 4) is 11.3 Å². The number of nitrogens with two attached hydrogens (primary N) is 1. The summed E-state index contributed by atoms with van der Waals surface area (Å²) in [7, 11) is 0. The van der Waals surface area contributed by atoms with Crippen LogP contribution in [0.3, 0.4) is 0 Å². The summed E-state index contributed by atoms with van der Waals surface area (Å²) in [5.74, 6) is -1.63. The number of anilines is 1. The van der Waals surface area contributed by atoms with E-state index >= 15 is 0 Å². The van der Waals surface area contributed by atoms with E-state index in [9.17, 15) is 18.4 Å². The van der Waals surface area contributed by atoms with Crippen LogP contribution < -0.4 is 11.1 Å². The molecule has 0 aliphatic carbocycles. The number of benzene rings is 2. The van der Waals surface area contributed by atoms with Gasteiger partial charge in [-0.05, 0) is 30.3 Å². The fraction of sp³-hybridized carbons (Fsp3) is 0.150. The van der Waals surface area contributed by atoms with Crippen molar-refractivity contribution in [3.05, 3.63) is 71.4 Å². The van der Waals surface area contributed by atoms with Crippen LogP contribution in [0, 0.1) is 11.6 Å². The number of nitrogens with zero attached hydrogens (tertiary/aromatic N) is 3. The number of hydrogen-bond acceptors (Lipinski definition) is 3. The summed E-state index contributed by atoms with van der Waals surface area (Å²) in [4.78, 5) is 26.2. The molecule has 1 aromatic heterocycles. The summed E-state index contributed by atoms with van der Waals surface area (Å²) in [5, 5.41) is 7.04. The molecule has 0 unspecified atom stereocenters. The van der Waals surface area contributed by atoms with Crippen LogP contribution in [0.2, 0.25) is 0 Å². The van der Waals surface area contributed by atoms with Gasteiger partial charge in [0, 0.05) is 17.8 Å². The molecule has 0 fully saturated rings. The smallest absolute Gasteiger partial charge is 0.322 e. The van der Waals surface area contributed by atoms with Gasteiger partial charge in [0.15, 0.2) is 0 Å². The van der Waals surface area contributed by atoms with Gasteiger partial charge in [-0.2, -0.15) is 5.10 Å². The van der Waals surface area contributed by atoms with E-state index < -0.39 is 23.6 Å². The van der Waals surface area contributed by atoms with Crippen molar-refractivity contribution >= 4 is 17.6 Å². The van der Waals surface area contributed by atoms with Gasteiger partial charge in [-0.3, -0.25) is 9.48 Å². The number of rotatable bonds is 3. The summed E-state index contributed by atoms with van der Waals surface area (Å²) in [5.41, 5.74) is 7.22. The number of hydrogen-bond donors (Lipinski definition) is 2. The van der Waals surface area contributed by atoms with E-state index in [1.54, 1.807) is 16.8 Å². The monoisotopic (exact) mass is 397 g/mol. The van der Waals surface area contributed by atoms with Crippen molar-refractivity contribution in [1.82, 2.24) is 14.7 Å². The molecule has 2 heterocycles. The fourth-order valence-corrected chi connectivity index (χ4v) is 3.36. The van der Waals surface area contributed by atoms with Gasteiger partial charge < -0.3 is 16.0 Å². The normalized spacial score (nSPS) is 13.1. The van der Waals surface area contributed by atoms with Crippen molar-refractivity contribution in [2.75, 3.05) is 11.9 Å². The zero-order chi connectivity index (χ0) is 20.5. The average Bonchev–Trinajstić information content (AvgIpc) is 3.07. The van der Waals surface area contributed by atoms with E-state index in [4.69, 9.17) is 5.73 Å². The molecule has 0 bridgehead atoms. The fourth-order valence-electron chi connectivity index (χ4n) is 3.36. The molecule has 0 radical (unpaired) electrons. The number of aromatic nitrogens is 2. The topological polar surface area (TPSA) is 93.2 Å². The lowest BCUT2D eigenvalue weighted by Gasteiger charge is -2.28. The molecule has 9 heteroatoms. The van der Waals surface area contributed by atoms with Crippen LogP contribution in [0.25, 0.3) is 11.3 Å². The second-order valence-electron chi connectivity index (χ2n) is 6.63. The summed E-state index contributed by atoms with van der Waals surface area (Å²) in [6.45, 7) is 0.750. The second kappa shape index (κ2) is 7.34. The van der Waals surface area contributed by atoms with Crippen LogP contribution in [0.15, 0.2) is 48.5 Å². The molecule has 1 aliphatic rings. The molecular formula is C20H17F2N5O2. The minimum absolute atomic E-state index is 0.0851. The van der Waals surface area contributed by atoms with Gasteiger partial charge >= 0.3 is 6.03 Å². The molecule has 1 aliphatic heterocycles. The van der Waals surface area contributed by atoms with Gasteiger partial charge in [-0.1, -0.05) is 18.2 Å². The van der Waals surface area contributed by atoms with Gasteiger partial charge in [-0.15, -0.1) is 0 Å². The van der Waals surface area contributed by atoms with Crippen LogP contribution in [0.4, 0.5) is 19.3 Å². The predicted octanol–water partition coefficient (Wildman–Crippen LogP) is 2.97. The average molecular weight is 397 g/mol. The molecule has 2 aromatic carbocycles. The summed E-state index contributed by atoms with van der Waals surface area (Å²) < 4.78 is 28.6. The van der Waals surface area contributed by atoms with Gasteiger partial charge in [0.25, 0.3) is 5.91 Å². The standard InChI is InChI=1S/C20H17F2N5O2/c21-13-4-1-3-12(9-13)18-17(19(23)28)16-11-26(7-8-27(16)25-18)20(29)24-15-6-2-5-14(22)10-15/h1-6,9-10H,7-8,11H2,(H2,23,28)(H,24,29). The number of nitrogens with one attached hydrogen (secondary N) is 1. The molecule has 7 nitrogen and oxygen atoms in total. The minimum atomic E-state index is -0.710. The van der Waals surface area contributed by atoms with E-state index in [0.29, 0.717) is 30.0 Å². The van der Waals surface area contributed by atoms with Gasteiger partial charge in [0.2, 0.25) is 0 Å². The highest BCUT2D eigenvalue weighted by Crippen LogP contribution is 2.28. The second-order valence-corrected chi connectivity index (χ2v) is 6.63. The minimum Gasteiger partial charge on any atom is -0.365 e. The Kier molecular flexibility index (Phi) is 4.71. The van der Waals surface area contributed by atoms with Gasteiger partial charge in [0.05, 0.1) is 24.3 Å². The first kappa shape index (κ1) is 18.6. The Labute approximate surface area is 164 Å². The molecule has 3 aromatic rings. The third-order valence-corrected chi connectivity index (χ3v) is 4.69. The number of urea groups is 1. The summed E-state index contributed by atoms with van der Waals surface area (Å²) in [6.07, 6.45) is 0. The maximum Gasteiger partial charge on any atom is 0.322 e. The molecule has 0 saturated carbocycles.